The van der Waals surface area contributed by atoms with Gasteiger partial charge in [-0.3, -0.25) is 4.79 Å². The summed E-state index contributed by atoms with van der Waals surface area (Å²) in [5.74, 6) is 1.22. The Bertz CT molecular complexity index is 966. The van der Waals surface area contributed by atoms with Crippen molar-refractivity contribution in [3.63, 3.8) is 0 Å². The number of carbonyl (C=O) groups is 1. The molecule has 1 amide bonds. The van der Waals surface area contributed by atoms with Gasteiger partial charge in [0.15, 0.2) is 21.5 Å². The molecule has 0 aliphatic carbocycles. The molecule has 0 bridgehead atoms. The number of primary amides is 1. The van der Waals surface area contributed by atoms with Crippen molar-refractivity contribution in [1.29, 1.82) is 0 Å². The molecule has 1 atom stereocenters. The molecule has 2 fully saturated rings. The number of nitrogens with two attached hydrogens (primary N) is 1. The van der Waals surface area contributed by atoms with E-state index in [1.807, 2.05) is 12.1 Å². The topological polar surface area (TPSA) is 133 Å². The number of amides is 1. The van der Waals surface area contributed by atoms with E-state index in [2.05, 4.69) is 20.0 Å². The maximum Gasteiger partial charge on any atom is 0.225 e. The van der Waals surface area contributed by atoms with Crippen LogP contribution in [-0.2, 0) is 25.8 Å². The van der Waals surface area contributed by atoms with Crippen molar-refractivity contribution in [3.8, 4) is 11.4 Å². The van der Waals surface area contributed by atoms with E-state index in [0.29, 0.717) is 31.0 Å². The maximum atomic E-state index is 11.9. The second-order valence-electron chi connectivity index (χ2n) is 7.00. The number of ether oxygens (including phenoxy) is 1. The summed E-state index contributed by atoms with van der Waals surface area (Å²) in [5.41, 5.74) is 5.98. The molecule has 0 saturated carbocycles. The summed E-state index contributed by atoms with van der Waals surface area (Å²) in [6, 6.07) is 3.47. The first-order chi connectivity index (χ1) is 13.4. The molecular weight excluding hydrogens is 384 g/mol. The van der Waals surface area contributed by atoms with Gasteiger partial charge in [0.05, 0.1) is 37.2 Å². The highest BCUT2D eigenvalue weighted by atomic mass is 32.2. The van der Waals surface area contributed by atoms with E-state index in [9.17, 15) is 13.2 Å². The Balaban J connectivity index is 1.65. The predicted molar refractivity (Wildman–Crippen MR) is 101 cm³/mol. The molecule has 150 valence electrons. The molecular formula is C17H22N6O4S. The lowest BCUT2D eigenvalue weighted by atomic mass is 10.2. The average molecular weight is 406 g/mol. The summed E-state index contributed by atoms with van der Waals surface area (Å²) in [7, 11) is -3.09. The Morgan fingerprint density at radius 2 is 2.07 bits per heavy atom. The van der Waals surface area contributed by atoms with E-state index in [4.69, 9.17) is 10.5 Å². The molecule has 2 aromatic heterocycles. The molecule has 2 aromatic rings. The predicted octanol–water partition coefficient (Wildman–Crippen LogP) is -0.436. The second-order valence-corrected chi connectivity index (χ2v) is 9.23. The fraction of sp³-hybridized carbons (Fsp3) is 0.529. The summed E-state index contributed by atoms with van der Waals surface area (Å²) in [6.45, 7) is 2.91. The van der Waals surface area contributed by atoms with Gasteiger partial charge >= 0.3 is 0 Å². The molecule has 28 heavy (non-hydrogen) atoms. The minimum absolute atomic E-state index is 0.0126. The Morgan fingerprint density at radius 1 is 1.29 bits per heavy atom. The van der Waals surface area contributed by atoms with Crippen LogP contribution in [0.2, 0.25) is 0 Å². The number of aromatic nitrogens is 4. The van der Waals surface area contributed by atoms with Crippen LogP contribution >= 0.6 is 0 Å². The summed E-state index contributed by atoms with van der Waals surface area (Å²) in [5, 5.41) is 4.37. The zero-order valence-electron chi connectivity index (χ0n) is 15.3. The third-order valence-corrected chi connectivity index (χ3v) is 6.65. The van der Waals surface area contributed by atoms with Gasteiger partial charge in [0, 0.05) is 24.8 Å². The highest BCUT2D eigenvalue weighted by Crippen LogP contribution is 2.29. The molecule has 2 aliphatic rings. The highest BCUT2D eigenvalue weighted by Gasteiger charge is 2.32. The summed E-state index contributed by atoms with van der Waals surface area (Å²) in [6.07, 6.45) is 2.07. The van der Waals surface area contributed by atoms with Gasteiger partial charge in [-0.05, 0) is 18.6 Å². The van der Waals surface area contributed by atoms with Gasteiger partial charge in [0.1, 0.15) is 5.82 Å². The lowest BCUT2D eigenvalue weighted by molar-refractivity contribution is -0.117. The third-order valence-electron chi connectivity index (χ3n) is 4.90. The van der Waals surface area contributed by atoms with Crippen molar-refractivity contribution in [2.75, 3.05) is 42.7 Å². The number of carbonyl (C=O) groups excluding carboxylic acids is 1. The van der Waals surface area contributed by atoms with Gasteiger partial charge in [-0.25, -0.2) is 23.1 Å². The van der Waals surface area contributed by atoms with Gasteiger partial charge in [0.25, 0.3) is 0 Å². The minimum Gasteiger partial charge on any atom is -0.378 e. The lowest BCUT2D eigenvalue weighted by Crippen LogP contribution is -2.36. The van der Waals surface area contributed by atoms with Gasteiger partial charge in [0.2, 0.25) is 5.91 Å². The van der Waals surface area contributed by atoms with Crippen LogP contribution < -0.4 is 10.6 Å². The van der Waals surface area contributed by atoms with Gasteiger partial charge in [-0.15, -0.1) is 0 Å². The molecule has 4 heterocycles. The standard InChI is InChI=1S/C17H22N6O4S/c18-14(24)9-15-20-17(23(21-15)13-3-8-28(25,26)11-13)12-1-2-16(19-10-12)22-4-6-27-7-5-22/h1-2,10,13H,3-9,11H2,(H2,18,24). The number of rotatable bonds is 5. The average Bonchev–Trinajstić information content (AvgIpc) is 3.25. The molecule has 10 nitrogen and oxygen atoms in total. The van der Waals surface area contributed by atoms with E-state index in [1.165, 1.54) is 0 Å². The first kappa shape index (κ1) is 18.8. The summed E-state index contributed by atoms with van der Waals surface area (Å²) < 4.78 is 30.8. The zero-order chi connectivity index (χ0) is 19.7. The third kappa shape index (κ3) is 3.99. The lowest BCUT2D eigenvalue weighted by Gasteiger charge is -2.27. The molecule has 2 saturated heterocycles. The monoisotopic (exact) mass is 406 g/mol. The van der Waals surface area contributed by atoms with Crippen LogP contribution in [0.15, 0.2) is 18.3 Å². The normalized spacial score (nSPS) is 21.7. The van der Waals surface area contributed by atoms with E-state index in [1.54, 1.807) is 10.9 Å². The minimum atomic E-state index is -3.09. The van der Waals surface area contributed by atoms with Crippen LogP contribution in [0.4, 0.5) is 5.82 Å². The van der Waals surface area contributed by atoms with Crippen LogP contribution in [0.5, 0.6) is 0 Å². The fourth-order valence-electron chi connectivity index (χ4n) is 3.52. The van der Waals surface area contributed by atoms with Crippen LogP contribution in [0.1, 0.15) is 18.3 Å². The van der Waals surface area contributed by atoms with Crippen molar-refractivity contribution >= 4 is 21.6 Å². The van der Waals surface area contributed by atoms with Crippen LogP contribution in [0.25, 0.3) is 11.4 Å². The van der Waals surface area contributed by atoms with Crippen LogP contribution in [-0.4, -0.2) is 71.9 Å². The molecule has 0 spiro atoms. The van der Waals surface area contributed by atoms with Crippen molar-refractivity contribution < 1.29 is 17.9 Å². The highest BCUT2D eigenvalue weighted by molar-refractivity contribution is 7.91. The van der Waals surface area contributed by atoms with Gasteiger partial charge < -0.3 is 15.4 Å². The summed E-state index contributed by atoms with van der Waals surface area (Å²) >= 11 is 0. The number of anilines is 1. The fourth-order valence-corrected chi connectivity index (χ4v) is 5.21. The Morgan fingerprint density at radius 3 is 2.68 bits per heavy atom. The van der Waals surface area contributed by atoms with Crippen molar-refractivity contribution in [3.05, 3.63) is 24.2 Å². The Labute approximate surface area is 162 Å². The molecule has 2 aliphatic heterocycles. The number of pyridine rings is 1. The maximum absolute atomic E-state index is 11.9. The number of hydrogen-bond acceptors (Lipinski definition) is 8. The number of hydrogen-bond donors (Lipinski definition) is 1. The largest absolute Gasteiger partial charge is 0.378 e. The van der Waals surface area contributed by atoms with Crippen molar-refractivity contribution in [2.24, 2.45) is 5.73 Å². The number of nitrogens with zero attached hydrogens (tertiary/aromatic N) is 5. The number of morpholine rings is 1. The van der Waals surface area contributed by atoms with Crippen LogP contribution in [0, 0.1) is 0 Å². The van der Waals surface area contributed by atoms with Gasteiger partial charge in [-0.2, -0.15) is 5.10 Å². The van der Waals surface area contributed by atoms with Crippen LogP contribution in [0.3, 0.4) is 0 Å². The zero-order valence-corrected chi connectivity index (χ0v) is 16.1. The Kier molecular flexibility index (Phi) is 5.02. The quantitative estimate of drug-likeness (QED) is 0.707. The first-order valence-corrected chi connectivity index (χ1v) is 11.0. The van der Waals surface area contributed by atoms with E-state index >= 15 is 0 Å². The smallest absolute Gasteiger partial charge is 0.225 e. The second kappa shape index (κ2) is 7.47. The van der Waals surface area contributed by atoms with E-state index in [-0.39, 0.29) is 29.8 Å². The van der Waals surface area contributed by atoms with Gasteiger partial charge in [-0.1, -0.05) is 0 Å². The molecule has 11 heteroatoms. The Hall–Kier alpha value is -2.53. The molecule has 2 N–H and O–H groups in total. The SMILES string of the molecule is NC(=O)Cc1nc(-c2ccc(N3CCOCC3)nc2)n(C2CCS(=O)(=O)C2)n1. The van der Waals surface area contributed by atoms with E-state index < -0.39 is 15.7 Å². The summed E-state index contributed by atoms with van der Waals surface area (Å²) in [4.78, 5) is 22.4. The molecule has 0 radical (unpaired) electrons. The molecule has 4 rings (SSSR count). The first-order valence-electron chi connectivity index (χ1n) is 9.14. The number of sulfone groups is 1. The molecule has 1 unspecified atom stereocenters. The molecule has 0 aromatic carbocycles. The van der Waals surface area contributed by atoms with Crippen molar-refractivity contribution in [1.82, 2.24) is 19.7 Å². The van der Waals surface area contributed by atoms with E-state index in [0.717, 1.165) is 18.9 Å². The van der Waals surface area contributed by atoms with Crippen molar-refractivity contribution in [2.45, 2.75) is 18.9 Å².